The molecule has 0 atom stereocenters. The van der Waals surface area contributed by atoms with Gasteiger partial charge >= 0.3 is 6.18 Å². The maximum Gasteiger partial charge on any atom is 0.433 e. The summed E-state index contributed by atoms with van der Waals surface area (Å²) in [6, 6.07) is 14.4. The van der Waals surface area contributed by atoms with E-state index in [1.54, 1.807) is 18.2 Å². The third-order valence-electron chi connectivity index (χ3n) is 6.46. The molecule has 6 nitrogen and oxygen atoms in total. The lowest BCUT2D eigenvalue weighted by Crippen LogP contribution is -2.40. The Hall–Kier alpha value is -3.30. The van der Waals surface area contributed by atoms with Crippen LogP contribution in [0.4, 0.5) is 18.9 Å². The second-order valence-electron chi connectivity index (χ2n) is 9.03. The molecule has 1 fully saturated rings. The first kappa shape index (κ1) is 25.4. The van der Waals surface area contributed by atoms with Crippen LogP contribution in [-0.4, -0.2) is 33.2 Å². The fourth-order valence-corrected chi connectivity index (χ4v) is 4.99. The van der Waals surface area contributed by atoms with Gasteiger partial charge in [-0.15, -0.1) is 0 Å². The third kappa shape index (κ3) is 5.67. The monoisotopic (exact) mass is 547 g/mol. The Morgan fingerprint density at radius 3 is 2.43 bits per heavy atom. The SMILES string of the molecule is O=C(NC1CCC(Nc2cc(C(F)(F)F)nc3ccc(Cl)cc23)CC1)c1cc(-c2ccccc2Cl)[nH]n1. The van der Waals surface area contributed by atoms with Gasteiger partial charge in [0.15, 0.2) is 5.69 Å². The summed E-state index contributed by atoms with van der Waals surface area (Å²) in [7, 11) is 0. The minimum atomic E-state index is -4.57. The molecular formula is C26H22Cl2F3N5O. The number of benzene rings is 2. The highest BCUT2D eigenvalue weighted by molar-refractivity contribution is 6.33. The number of hydrogen-bond acceptors (Lipinski definition) is 4. The predicted molar refractivity (Wildman–Crippen MR) is 138 cm³/mol. The Kier molecular flexibility index (Phi) is 7.00. The number of H-pyrrole nitrogens is 1. The second kappa shape index (κ2) is 10.2. The number of amides is 1. The van der Waals surface area contributed by atoms with Gasteiger partial charge in [-0.1, -0.05) is 41.4 Å². The molecule has 1 aliphatic carbocycles. The molecular weight excluding hydrogens is 526 g/mol. The van der Waals surface area contributed by atoms with Crippen molar-refractivity contribution in [2.24, 2.45) is 0 Å². The van der Waals surface area contributed by atoms with Crippen LogP contribution in [0.15, 0.2) is 54.6 Å². The van der Waals surface area contributed by atoms with Gasteiger partial charge < -0.3 is 10.6 Å². The highest BCUT2D eigenvalue weighted by atomic mass is 35.5. The first-order chi connectivity index (χ1) is 17.7. The number of anilines is 1. The quantitative estimate of drug-likeness (QED) is 0.249. The third-order valence-corrected chi connectivity index (χ3v) is 7.02. The molecule has 0 aliphatic heterocycles. The normalized spacial score (nSPS) is 18.1. The fraction of sp³-hybridized carbons (Fsp3) is 0.269. The van der Waals surface area contributed by atoms with Crippen molar-refractivity contribution in [1.82, 2.24) is 20.5 Å². The maximum absolute atomic E-state index is 13.4. The number of nitrogens with zero attached hydrogens (tertiary/aromatic N) is 2. The predicted octanol–water partition coefficient (Wildman–Crippen LogP) is 7.10. The van der Waals surface area contributed by atoms with Crippen molar-refractivity contribution in [2.75, 3.05) is 5.32 Å². The molecule has 0 spiro atoms. The summed E-state index contributed by atoms with van der Waals surface area (Å²) in [6.07, 6.45) is -1.89. The van der Waals surface area contributed by atoms with Gasteiger partial charge in [0.1, 0.15) is 5.69 Å². The van der Waals surface area contributed by atoms with Crippen molar-refractivity contribution in [3.63, 3.8) is 0 Å². The van der Waals surface area contributed by atoms with Gasteiger partial charge in [0.2, 0.25) is 0 Å². The Morgan fingerprint density at radius 1 is 0.973 bits per heavy atom. The first-order valence-electron chi connectivity index (χ1n) is 11.7. The molecule has 2 heterocycles. The van der Waals surface area contributed by atoms with E-state index >= 15 is 0 Å². The molecule has 5 rings (SSSR count). The van der Waals surface area contributed by atoms with Crippen LogP contribution in [-0.2, 0) is 6.18 Å². The zero-order valence-corrected chi connectivity index (χ0v) is 20.9. The number of hydrogen-bond donors (Lipinski definition) is 3. The maximum atomic E-state index is 13.4. The van der Waals surface area contributed by atoms with Crippen LogP contribution in [0.2, 0.25) is 10.0 Å². The number of pyridine rings is 1. The van der Waals surface area contributed by atoms with E-state index in [4.69, 9.17) is 23.2 Å². The molecule has 2 aromatic carbocycles. The summed E-state index contributed by atoms with van der Waals surface area (Å²) in [4.78, 5) is 16.5. The number of carbonyl (C=O) groups excluding carboxylic acids is 1. The minimum Gasteiger partial charge on any atom is -0.382 e. The zero-order valence-electron chi connectivity index (χ0n) is 19.4. The largest absolute Gasteiger partial charge is 0.433 e. The first-order valence-corrected chi connectivity index (χ1v) is 12.5. The molecule has 1 aliphatic rings. The molecule has 0 saturated heterocycles. The smallest absolute Gasteiger partial charge is 0.382 e. The molecule has 0 unspecified atom stereocenters. The lowest BCUT2D eigenvalue weighted by molar-refractivity contribution is -0.140. The number of aromatic nitrogens is 3. The van der Waals surface area contributed by atoms with E-state index in [1.165, 1.54) is 12.1 Å². The number of nitrogens with one attached hydrogen (secondary N) is 3. The number of rotatable bonds is 5. The van der Waals surface area contributed by atoms with E-state index in [0.717, 1.165) is 11.6 Å². The summed E-state index contributed by atoms with van der Waals surface area (Å²) < 4.78 is 40.2. The highest BCUT2D eigenvalue weighted by Crippen LogP contribution is 2.35. The molecule has 37 heavy (non-hydrogen) atoms. The van der Waals surface area contributed by atoms with Crippen molar-refractivity contribution in [2.45, 2.75) is 43.9 Å². The van der Waals surface area contributed by atoms with Crippen LogP contribution in [0.5, 0.6) is 0 Å². The Labute approximate surface area is 220 Å². The number of carbonyl (C=O) groups is 1. The molecule has 11 heteroatoms. The summed E-state index contributed by atoms with van der Waals surface area (Å²) in [5, 5.41) is 14.7. The van der Waals surface area contributed by atoms with Crippen LogP contribution in [0, 0.1) is 0 Å². The van der Waals surface area contributed by atoms with Gasteiger partial charge in [-0.25, -0.2) is 4.98 Å². The van der Waals surface area contributed by atoms with Crippen LogP contribution in [0.1, 0.15) is 41.9 Å². The number of halogens is 5. The minimum absolute atomic E-state index is 0.0592. The van der Waals surface area contributed by atoms with Crippen LogP contribution < -0.4 is 10.6 Å². The number of alkyl halides is 3. The van der Waals surface area contributed by atoms with Gasteiger partial charge in [0.05, 0.1) is 11.2 Å². The Bertz CT molecular complexity index is 1450. The molecule has 192 valence electrons. The highest BCUT2D eigenvalue weighted by Gasteiger charge is 2.34. The van der Waals surface area contributed by atoms with Gasteiger partial charge in [-0.05, 0) is 62.1 Å². The lowest BCUT2D eigenvalue weighted by atomic mass is 9.90. The van der Waals surface area contributed by atoms with E-state index in [0.29, 0.717) is 52.5 Å². The van der Waals surface area contributed by atoms with Crippen LogP contribution in [0.25, 0.3) is 22.2 Å². The summed E-state index contributed by atoms with van der Waals surface area (Å²) in [5.74, 6) is -0.296. The summed E-state index contributed by atoms with van der Waals surface area (Å²) >= 11 is 12.3. The van der Waals surface area contributed by atoms with Crippen LogP contribution >= 0.6 is 23.2 Å². The molecule has 1 saturated carbocycles. The van der Waals surface area contributed by atoms with Gasteiger partial charge in [-0.3, -0.25) is 9.89 Å². The van der Waals surface area contributed by atoms with Gasteiger partial charge in [-0.2, -0.15) is 18.3 Å². The van der Waals surface area contributed by atoms with Crippen molar-refractivity contribution >= 4 is 45.7 Å². The van der Waals surface area contributed by atoms with Crippen LogP contribution in [0.3, 0.4) is 0 Å². The standard InChI is InChI=1S/C26H22Cl2F3N5O/c27-14-5-10-20-18(11-14)21(13-24(34-20)26(29,30)31)32-15-6-8-16(9-7-15)33-25(37)23-12-22(35-36-23)17-3-1-2-4-19(17)28/h1-5,10-13,15-16H,6-9H2,(H,32,34)(H,33,37)(H,35,36). The lowest BCUT2D eigenvalue weighted by Gasteiger charge is -2.30. The van der Waals surface area contributed by atoms with Crippen molar-refractivity contribution in [3.8, 4) is 11.3 Å². The Balaban J connectivity index is 1.23. The molecule has 1 amide bonds. The average Bonchev–Trinajstić information content (AvgIpc) is 3.35. The Morgan fingerprint density at radius 2 is 1.70 bits per heavy atom. The topological polar surface area (TPSA) is 82.7 Å². The second-order valence-corrected chi connectivity index (χ2v) is 9.87. The van der Waals surface area contributed by atoms with Gasteiger partial charge in [0, 0.05) is 38.8 Å². The van der Waals surface area contributed by atoms with E-state index in [1.807, 2.05) is 18.2 Å². The zero-order chi connectivity index (χ0) is 26.2. The van der Waals surface area contributed by atoms with Gasteiger partial charge in [0.25, 0.3) is 5.91 Å². The summed E-state index contributed by atoms with van der Waals surface area (Å²) in [6.45, 7) is 0. The molecule has 0 radical (unpaired) electrons. The molecule has 3 N–H and O–H groups in total. The van der Waals surface area contributed by atoms with Crippen molar-refractivity contribution < 1.29 is 18.0 Å². The van der Waals surface area contributed by atoms with E-state index in [9.17, 15) is 18.0 Å². The molecule has 0 bridgehead atoms. The van der Waals surface area contributed by atoms with Crippen molar-refractivity contribution in [1.29, 1.82) is 0 Å². The average molecular weight is 548 g/mol. The van der Waals surface area contributed by atoms with E-state index in [-0.39, 0.29) is 29.2 Å². The van der Waals surface area contributed by atoms with E-state index < -0.39 is 11.9 Å². The molecule has 4 aromatic rings. The summed E-state index contributed by atoms with van der Waals surface area (Å²) in [5.41, 5.74) is 1.26. The van der Waals surface area contributed by atoms with Crippen molar-refractivity contribution in [3.05, 3.63) is 76.0 Å². The number of aromatic amines is 1. The number of fused-ring (bicyclic) bond motifs is 1. The van der Waals surface area contributed by atoms with E-state index in [2.05, 4.69) is 25.8 Å². The fourth-order valence-electron chi connectivity index (χ4n) is 4.58. The molecule has 2 aromatic heterocycles.